The predicted octanol–water partition coefficient (Wildman–Crippen LogP) is 3.25. The Morgan fingerprint density at radius 2 is 2.21 bits per heavy atom. The van der Waals surface area contributed by atoms with E-state index in [0.29, 0.717) is 10.6 Å². The van der Waals surface area contributed by atoms with Crippen LogP contribution in [0, 0.1) is 11.3 Å². The molecule has 0 amide bonds. The number of hydrogen-bond donors (Lipinski definition) is 2. The van der Waals surface area contributed by atoms with Crippen LogP contribution < -0.4 is 5.73 Å². The summed E-state index contributed by atoms with van der Waals surface area (Å²) in [6.07, 6.45) is 3.86. The molecule has 0 bridgehead atoms. The molecule has 2 rings (SSSR count). The molecule has 1 unspecified atom stereocenters. The van der Waals surface area contributed by atoms with Gasteiger partial charge in [-0.15, -0.1) is 0 Å². The maximum atomic E-state index is 7.42. The van der Waals surface area contributed by atoms with E-state index >= 15 is 0 Å². The van der Waals surface area contributed by atoms with Gasteiger partial charge in [-0.1, -0.05) is 30.7 Å². The van der Waals surface area contributed by atoms with Crippen molar-refractivity contribution in [2.24, 2.45) is 11.7 Å². The van der Waals surface area contributed by atoms with Gasteiger partial charge in [-0.05, 0) is 49.9 Å². The van der Waals surface area contributed by atoms with E-state index in [2.05, 4.69) is 11.8 Å². The Balaban J connectivity index is 2.04. The van der Waals surface area contributed by atoms with Crippen LogP contribution in [-0.2, 0) is 6.54 Å². The Hall–Kier alpha value is -1.06. The average Bonchev–Trinajstić information content (AvgIpc) is 2.57. The molecule has 1 heterocycles. The number of rotatable bonds is 3. The van der Waals surface area contributed by atoms with Crippen molar-refractivity contribution in [2.75, 3.05) is 13.1 Å². The van der Waals surface area contributed by atoms with Gasteiger partial charge in [0, 0.05) is 17.1 Å². The van der Waals surface area contributed by atoms with E-state index in [4.69, 9.17) is 22.7 Å². The first-order chi connectivity index (χ1) is 9.06. The first-order valence-corrected chi connectivity index (χ1v) is 7.29. The largest absolute Gasteiger partial charge is 0.384 e. The van der Waals surface area contributed by atoms with Crippen molar-refractivity contribution in [3.63, 3.8) is 0 Å². The fraction of sp³-hybridized carbons (Fsp3) is 0.533. The summed E-state index contributed by atoms with van der Waals surface area (Å²) in [6.45, 7) is 5.52. The molecule has 1 aliphatic heterocycles. The minimum absolute atomic E-state index is 0.0667. The molecular weight excluding hydrogens is 258 g/mol. The Morgan fingerprint density at radius 3 is 2.89 bits per heavy atom. The van der Waals surface area contributed by atoms with Gasteiger partial charge in [-0.25, -0.2) is 0 Å². The molecule has 4 heteroatoms. The third kappa shape index (κ3) is 3.95. The number of hydrogen-bond acceptors (Lipinski definition) is 2. The van der Waals surface area contributed by atoms with Gasteiger partial charge in [0.25, 0.3) is 0 Å². The van der Waals surface area contributed by atoms with Gasteiger partial charge in [0.2, 0.25) is 0 Å². The Bertz CT molecular complexity index is 459. The van der Waals surface area contributed by atoms with Crippen LogP contribution in [0.2, 0.25) is 5.02 Å². The summed E-state index contributed by atoms with van der Waals surface area (Å²) in [7, 11) is 0. The number of likely N-dealkylation sites (tertiary alicyclic amines) is 1. The Morgan fingerprint density at radius 1 is 1.42 bits per heavy atom. The molecule has 1 fully saturated rings. The second-order valence-electron chi connectivity index (χ2n) is 5.53. The van der Waals surface area contributed by atoms with E-state index < -0.39 is 0 Å². The molecule has 1 aromatic rings. The van der Waals surface area contributed by atoms with E-state index in [0.717, 1.165) is 31.1 Å². The molecule has 19 heavy (non-hydrogen) atoms. The van der Waals surface area contributed by atoms with Crippen LogP contribution in [0.15, 0.2) is 18.2 Å². The van der Waals surface area contributed by atoms with Crippen molar-refractivity contribution in [1.29, 1.82) is 5.41 Å². The second-order valence-corrected chi connectivity index (χ2v) is 5.94. The summed E-state index contributed by atoms with van der Waals surface area (Å²) in [6, 6.07) is 5.66. The van der Waals surface area contributed by atoms with Crippen LogP contribution >= 0.6 is 11.6 Å². The molecular formula is C15H22ClN3. The number of nitrogens with zero attached hydrogens (tertiary/aromatic N) is 1. The molecule has 3 nitrogen and oxygen atoms in total. The zero-order valence-electron chi connectivity index (χ0n) is 11.5. The number of nitrogens with two attached hydrogens (primary N) is 1. The summed E-state index contributed by atoms with van der Waals surface area (Å²) in [5, 5.41) is 8.13. The Labute approximate surface area is 120 Å². The van der Waals surface area contributed by atoms with Crippen molar-refractivity contribution in [1.82, 2.24) is 4.90 Å². The van der Waals surface area contributed by atoms with Gasteiger partial charge in [0.15, 0.2) is 0 Å². The van der Waals surface area contributed by atoms with E-state index in [9.17, 15) is 0 Å². The molecule has 104 valence electrons. The molecule has 1 aromatic carbocycles. The van der Waals surface area contributed by atoms with Gasteiger partial charge in [0.1, 0.15) is 5.84 Å². The van der Waals surface area contributed by atoms with Crippen LogP contribution in [0.5, 0.6) is 0 Å². The molecule has 0 spiro atoms. The van der Waals surface area contributed by atoms with Crippen LogP contribution in [0.1, 0.15) is 37.3 Å². The molecule has 0 radical (unpaired) electrons. The lowest BCUT2D eigenvalue weighted by Gasteiger charge is -2.20. The molecule has 1 saturated heterocycles. The fourth-order valence-corrected chi connectivity index (χ4v) is 2.80. The van der Waals surface area contributed by atoms with Gasteiger partial charge < -0.3 is 5.73 Å². The van der Waals surface area contributed by atoms with E-state index in [1.807, 2.05) is 12.1 Å². The van der Waals surface area contributed by atoms with Crippen LogP contribution in [0.3, 0.4) is 0 Å². The first kappa shape index (κ1) is 14.4. The van der Waals surface area contributed by atoms with Crippen LogP contribution in [0.25, 0.3) is 0 Å². The number of benzene rings is 1. The monoisotopic (exact) mass is 279 g/mol. The molecule has 1 atom stereocenters. The predicted molar refractivity (Wildman–Crippen MR) is 80.8 cm³/mol. The van der Waals surface area contributed by atoms with Gasteiger partial charge in [-0.3, -0.25) is 10.3 Å². The zero-order chi connectivity index (χ0) is 13.8. The minimum atomic E-state index is 0.0667. The molecule has 3 N–H and O–H groups in total. The average molecular weight is 280 g/mol. The van der Waals surface area contributed by atoms with E-state index in [1.54, 1.807) is 6.07 Å². The summed E-state index contributed by atoms with van der Waals surface area (Å²) in [4.78, 5) is 2.47. The smallest absolute Gasteiger partial charge is 0.122 e. The zero-order valence-corrected chi connectivity index (χ0v) is 12.2. The summed E-state index contributed by atoms with van der Waals surface area (Å²) >= 11 is 6.28. The molecule has 0 aromatic heterocycles. The highest BCUT2D eigenvalue weighted by Gasteiger charge is 2.15. The topological polar surface area (TPSA) is 53.1 Å². The molecule has 1 aliphatic rings. The minimum Gasteiger partial charge on any atom is -0.384 e. The number of nitrogen functional groups attached to an aromatic ring is 1. The number of amidine groups is 1. The second kappa shape index (κ2) is 6.40. The van der Waals surface area contributed by atoms with Crippen molar-refractivity contribution >= 4 is 17.4 Å². The summed E-state index contributed by atoms with van der Waals surface area (Å²) < 4.78 is 0. The lowest BCUT2D eigenvalue weighted by Crippen LogP contribution is -2.24. The SMILES string of the molecule is CC1CCCN(Cc2ccc(C(=N)N)cc2Cl)CC1. The first-order valence-electron chi connectivity index (χ1n) is 6.91. The van der Waals surface area contributed by atoms with E-state index in [1.165, 1.54) is 19.3 Å². The lowest BCUT2D eigenvalue weighted by atomic mass is 10.0. The molecule has 0 aliphatic carbocycles. The molecule has 0 saturated carbocycles. The summed E-state index contributed by atoms with van der Waals surface area (Å²) in [5.41, 5.74) is 7.29. The van der Waals surface area contributed by atoms with Crippen LogP contribution in [0.4, 0.5) is 0 Å². The lowest BCUT2D eigenvalue weighted by molar-refractivity contribution is 0.274. The maximum Gasteiger partial charge on any atom is 0.122 e. The third-order valence-electron chi connectivity index (χ3n) is 3.87. The fourth-order valence-electron chi connectivity index (χ4n) is 2.56. The standard InChI is InChI=1S/C15H22ClN3/c1-11-3-2-7-19(8-6-11)10-13-5-4-12(15(17)18)9-14(13)16/h4-5,9,11H,2-3,6-8,10H2,1H3,(H3,17,18). The maximum absolute atomic E-state index is 7.42. The summed E-state index contributed by atoms with van der Waals surface area (Å²) in [5.74, 6) is 0.901. The number of nitrogens with one attached hydrogen (secondary N) is 1. The van der Waals surface area contributed by atoms with Gasteiger partial charge >= 0.3 is 0 Å². The quantitative estimate of drug-likeness (QED) is 0.659. The van der Waals surface area contributed by atoms with Crippen molar-refractivity contribution < 1.29 is 0 Å². The number of halogens is 1. The van der Waals surface area contributed by atoms with Crippen molar-refractivity contribution in [2.45, 2.75) is 32.7 Å². The highest BCUT2D eigenvalue weighted by atomic mass is 35.5. The highest BCUT2D eigenvalue weighted by molar-refractivity contribution is 6.31. The van der Waals surface area contributed by atoms with Crippen LogP contribution in [-0.4, -0.2) is 23.8 Å². The van der Waals surface area contributed by atoms with Crippen molar-refractivity contribution in [3.8, 4) is 0 Å². The van der Waals surface area contributed by atoms with Gasteiger partial charge in [0.05, 0.1) is 0 Å². The van der Waals surface area contributed by atoms with Crippen molar-refractivity contribution in [3.05, 3.63) is 34.3 Å². The van der Waals surface area contributed by atoms with E-state index in [-0.39, 0.29) is 5.84 Å². The van der Waals surface area contributed by atoms with Gasteiger partial charge in [-0.2, -0.15) is 0 Å². The Kier molecular flexibility index (Phi) is 4.83. The third-order valence-corrected chi connectivity index (χ3v) is 4.22. The normalized spacial score (nSPS) is 21.1. The highest BCUT2D eigenvalue weighted by Crippen LogP contribution is 2.22.